The first kappa shape index (κ1) is 46.2. The van der Waals surface area contributed by atoms with E-state index in [2.05, 4.69) is 258 Å². The number of aromatic nitrogens is 2. The maximum absolute atomic E-state index is 15.6. The smallest absolute Gasteiger partial charge is 0.179 e. The van der Waals surface area contributed by atoms with Gasteiger partial charge in [-0.05, 0) is 97.6 Å². The predicted molar refractivity (Wildman–Crippen MR) is 329 cm³/mol. The molecule has 0 amide bonds. The maximum Gasteiger partial charge on any atom is 0.179 e. The van der Waals surface area contributed by atoms with E-state index in [-0.39, 0.29) is 0 Å². The maximum atomic E-state index is 15.6. The Balaban J connectivity index is 0.853. The minimum absolute atomic E-state index is 0.823. The van der Waals surface area contributed by atoms with Gasteiger partial charge in [0.05, 0.1) is 22.1 Å². The van der Waals surface area contributed by atoms with Gasteiger partial charge in [0.25, 0.3) is 0 Å². The first-order valence-electron chi connectivity index (χ1n) is 26.3. The van der Waals surface area contributed by atoms with Gasteiger partial charge in [-0.25, -0.2) is 0 Å². The van der Waals surface area contributed by atoms with Gasteiger partial charge in [-0.3, -0.25) is 0 Å². The van der Waals surface area contributed by atoms with Crippen molar-refractivity contribution < 1.29 is 4.57 Å². The number of benzene rings is 12. The number of hydrogen-bond acceptors (Lipinski definition) is 1. The molecule has 0 saturated heterocycles. The van der Waals surface area contributed by atoms with Crippen LogP contribution in [0, 0.1) is 0 Å². The van der Waals surface area contributed by atoms with Crippen LogP contribution in [0.5, 0.6) is 0 Å². The van der Waals surface area contributed by atoms with Crippen LogP contribution in [0.3, 0.4) is 0 Å². The average Bonchev–Trinajstić information content (AvgIpc) is 4.05. The second-order valence-corrected chi connectivity index (χ2v) is 26.5. The molecule has 0 fully saturated rings. The molecule has 3 nitrogen and oxygen atoms in total. The van der Waals surface area contributed by atoms with Crippen LogP contribution >= 0.6 is 7.14 Å². The third kappa shape index (κ3) is 7.67. The highest BCUT2D eigenvalue weighted by Crippen LogP contribution is 2.42. The molecule has 0 saturated carbocycles. The SMILES string of the molecule is O=P(c1ccccc1)(c1ccccc1)c1ccc([Si](c2ccccc2)(c2ccccc2)c2ccc(-c3ccc4c(c3)c3ccccc3n4-c3cccc(-c4cccc(-n5c6ccccc6c6ccccc65)c4)c3)cc2)cc1. The Kier molecular flexibility index (Phi) is 11.5. The summed E-state index contributed by atoms with van der Waals surface area (Å²) in [5.74, 6) is 0. The third-order valence-corrected chi connectivity index (χ3v) is 23.6. The number of fused-ring (bicyclic) bond motifs is 6. The first-order chi connectivity index (χ1) is 38.1. The molecule has 2 heterocycles. The number of rotatable bonds is 11. The Bertz CT molecular complexity index is 4380. The van der Waals surface area contributed by atoms with E-state index in [9.17, 15) is 0 Å². The summed E-state index contributed by atoms with van der Waals surface area (Å²) in [7, 11) is -6.12. The van der Waals surface area contributed by atoms with E-state index in [1.807, 2.05) is 60.7 Å². The lowest BCUT2D eigenvalue weighted by Gasteiger charge is -2.35. The van der Waals surface area contributed by atoms with Crippen LogP contribution in [0.15, 0.2) is 309 Å². The average molecular weight is 1020 g/mol. The first-order valence-corrected chi connectivity index (χ1v) is 30.1. The molecule has 0 unspecified atom stereocenters. The molecular weight excluding hydrogens is 968 g/mol. The molecule has 0 bridgehead atoms. The van der Waals surface area contributed by atoms with Gasteiger partial charge in [-0.1, -0.05) is 255 Å². The van der Waals surface area contributed by atoms with E-state index >= 15 is 4.57 Å². The summed E-state index contributed by atoms with van der Waals surface area (Å²) in [6.07, 6.45) is 0. The molecular formula is C72H51N2OPSi. The molecule has 364 valence electrons. The van der Waals surface area contributed by atoms with E-state index in [4.69, 9.17) is 0 Å². The van der Waals surface area contributed by atoms with Gasteiger partial charge >= 0.3 is 0 Å². The van der Waals surface area contributed by atoms with Crippen molar-refractivity contribution in [3.05, 3.63) is 309 Å². The Morgan fingerprint density at radius 1 is 0.247 bits per heavy atom. The van der Waals surface area contributed by atoms with E-state index < -0.39 is 15.2 Å². The van der Waals surface area contributed by atoms with Crippen molar-refractivity contribution in [3.63, 3.8) is 0 Å². The van der Waals surface area contributed by atoms with Crippen LogP contribution < -0.4 is 36.7 Å². The van der Waals surface area contributed by atoms with Crippen molar-refractivity contribution >= 4 is 95.5 Å². The zero-order valence-corrected chi connectivity index (χ0v) is 44.1. The Hall–Kier alpha value is -9.31. The summed E-state index contributed by atoms with van der Waals surface area (Å²) in [4.78, 5) is 0. The zero-order valence-electron chi connectivity index (χ0n) is 42.2. The van der Waals surface area contributed by atoms with Crippen molar-refractivity contribution in [2.75, 3.05) is 0 Å². The van der Waals surface area contributed by atoms with Crippen molar-refractivity contribution in [3.8, 4) is 33.6 Å². The fourth-order valence-electron chi connectivity index (χ4n) is 12.2. The molecule has 14 aromatic rings. The monoisotopic (exact) mass is 1020 g/mol. The highest BCUT2D eigenvalue weighted by atomic mass is 31.2. The van der Waals surface area contributed by atoms with Gasteiger partial charge in [0, 0.05) is 48.8 Å². The van der Waals surface area contributed by atoms with Gasteiger partial charge in [-0.15, -0.1) is 0 Å². The van der Waals surface area contributed by atoms with Gasteiger partial charge in [0.2, 0.25) is 0 Å². The second kappa shape index (κ2) is 19.1. The summed E-state index contributed by atoms with van der Waals surface area (Å²) >= 11 is 0. The largest absolute Gasteiger partial charge is 0.309 e. The Morgan fingerprint density at radius 2 is 0.584 bits per heavy atom. The van der Waals surface area contributed by atoms with Crippen molar-refractivity contribution in [2.24, 2.45) is 0 Å². The standard InChI is InChI=1S/C72H51N2OPSi/c75-76(58-25-5-1-6-26-58,59-27-7-2-8-28-59)60-42-46-64(47-43-60)77(61-29-9-3-10-30-61,62-31-11-4-12-32-62)63-44-39-52(40-45-63)55-41-48-72-68(51-55)67-35-15-18-38-71(67)74(72)57-24-20-22-54(50-57)53-21-19-23-56(49-53)73-69-36-16-13-33-65(69)66-34-14-17-37-70(66)73/h1-51H. The van der Waals surface area contributed by atoms with Crippen LogP contribution in [0.1, 0.15) is 0 Å². The lowest BCUT2D eigenvalue weighted by molar-refractivity contribution is 0.592. The minimum Gasteiger partial charge on any atom is -0.309 e. The van der Waals surface area contributed by atoms with E-state index in [1.165, 1.54) is 64.4 Å². The van der Waals surface area contributed by atoms with E-state index in [0.29, 0.717) is 0 Å². The predicted octanol–water partition coefficient (Wildman–Crippen LogP) is 14.2. The molecule has 12 aromatic carbocycles. The molecule has 0 aliphatic rings. The molecule has 2 aromatic heterocycles. The molecule has 0 radical (unpaired) electrons. The van der Waals surface area contributed by atoms with Gasteiger partial charge in [-0.2, -0.15) is 0 Å². The summed E-state index contributed by atoms with van der Waals surface area (Å²) in [5, 5.41) is 12.5. The highest BCUT2D eigenvalue weighted by molar-refractivity contribution is 7.85. The molecule has 0 atom stereocenters. The number of hydrogen-bond donors (Lipinski definition) is 0. The molecule has 0 aliphatic carbocycles. The van der Waals surface area contributed by atoms with Crippen LogP contribution in [-0.4, -0.2) is 17.2 Å². The molecule has 77 heavy (non-hydrogen) atoms. The molecule has 0 aliphatic heterocycles. The molecule has 14 rings (SSSR count). The fraction of sp³-hybridized carbons (Fsp3) is 0. The van der Waals surface area contributed by atoms with Gasteiger partial charge in [0.15, 0.2) is 15.2 Å². The van der Waals surface area contributed by atoms with Gasteiger partial charge in [0.1, 0.15) is 0 Å². The summed E-state index contributed by atoms with van der Waals surface area (Å²) in [6, 6.07) is 111. The lowest BCUT2D eigenvalue weighted by Crippen LogP contribution is -2.74. The summed E-state index contributed by atoms with van der Waals surface area (Å²) in [5.41, 5.74) is 11.6. The van der Waals surface area contributed by atoms with Gasteiger partial charge < -0.3 is 13.7 Å². The van der Waals surface area contributed by atoms with Crippen molar-refractivity contribution in [1.82, 2.24) is 9.13 Å². The van der Waals surface area contributed by atoms with Crippen LogP contribution in [0.25, 0.3) is 77.2 Å². The van der Waals surface area contributed by atoms with Crippen LogP contribution in [0.2, 0.25) is 0 Å². The normalized spacial score (nSPS) is 11.9. The van der Waals surface area contributed by atoms with Crippen LogP contribution in [-0.2, 0) is 4.57 Å². The lowest BCUT2D eigenvalue weighted by atomic mass is 10.0. The Labute approximate surface area is 449 Å². The van der Waals surface area contributed by atoms with E-state index in [0.717, 1.165) is 49.5 Å². The molecule has 0 spiro atoms. The number of nitrogens with zero attached hydrogens (tertiary/aromatic N) is 2. The third-order valence-electron chi connectivity index (χ3n) is 15.8. The van der Waals surface area contributed by atoms with E-state index in [1.54, 1.807) is 0 Å². The van der Waals surface area contributed by atoms with Crippen LogP contribution in [0.4, 0.5) is 0 Å². The molecule has 5 heteroatoms. The fourth-order valence-corrected chi connectivity index (χ4v) is 19.6. The number of para-hydroxylation sites is 3. The highest BCUT2D eigenvalue weighted by Gasteiger charge is 2.42. The summed E-state index contributed by atoms with van der Waals surface area (Å²) in [6.45, 7) is 0. The minimum atomic E-state index is -3.18. The molecule has 0 N–H and O–H groups in total. The van der Waals surface area contributed by atoms with Crippen molar-refractivity contribution in [2.45, 2.75) is 0 Å². The Morgan fingerprint density at radius 3 is 1.05 bits per heavy atom. The quantitative estimate of drug-likeness (QED) is 0.0720. The zero-order chi connectivity index (χ0) is 51.3. The second-order valence-electron chi connectivity index (χ2n) is 19.9. The van der Waals surface area contributed by atoms with Crippen molar-refractivity contribution in [1.29, 1.82) is 0 Å². The topological polar surface area (TPSA) is 26.9 Å². The summed E-state index contributed by atoms with van der Waals surface area (Å²) < 4.78 is 20.4.